The van der Waals surface area contributed by atoms with E-state index in [1.54, 1.807) is 12.1 Å². The van der Waals surface area contributed by atoms with Crippen LogP contribution in [0.15, 0.2) is 29.3 Å². The van der Waals surface area contributed by atoms with Crippen molar-refractivity contribution in [3.8, 4) is 5.75 Å². The number of rotatable bonds is 16. The third-order valence-corrected chi connectivity index (χ3v) is 5.89. The van der Waals surface area contributed by atoms with Gasteiger partial charge in [-0.2, -0.15) is 12.6 Å². The maximum atomic E-state index is 13.0. The molecule has 0 unspecified atom stereocenters. The molecule has 0 aliphatic heterocycles. The summed E-state index contributed by atoms with van der Waals surface area (Å²) >= 11 is 3.95. The predicted octanol–water partition coefficient (Wildman–Crippen LogP) is -2.58. The topological polar surface area (TPSA) is 244 Å². The quantitative estimate of drug-likeness (QED) is 0.0335. The van der Waals surface area contributed by atoms with Crippen molar-refractivity contribution in [2.24, 2.45) is 22.2 Å². The number of hydrogen-bond acceptors (Lipinski definition) is 9. The first-order valence-corrected chi connectivity index (χ1v) is 12.9. The molecule has 0 saturated heterocycles. The summed E-state index contributed by atoms with van der Waals surface area (Å²) in [4.78, 5) is 65.7. The molecule has 216 valence electrons. The number of nitrogens with one attached hydrogen (secondary N) is 4. The summed E-state index contributed by atoms with van der Waals surface area (Å²) in [5.41, 5.74) is 17.0. The number of phenols is 1. The Morgan fingerprint density at radius 1 is 0.949 bits per heavy atom. The number of nitrogens with two attached hydrogens (primary N) is 3. The van der Waals surface area contributed by atoms with Gasteiger partial charge < -0.3 is 48.4 Å². The Balaban J connectivity index is 2.82. The summed E-state index contributed by atoms with van der Waals surface area (Å²) in [6.45, 7) is 3.05. The minimum Gasteiger partial charge on any atom is -0.508 e. The van der Waals surface area contributed by atoms with Crippen LogP contribution in [0.5, 0.6) is 5.75 Å². The third kappa shape index (κ3) is 12.5. The van der Waals surface area contributed by atoms with Crippen molar-refractivity contribution in [3.05, 3.63) is 29.8 Å². The molecule has 1 rings (SSSR count). The number of nitrogens with zero attached hydrogens (tertiary/aromatic N) is 1. The minimum absolute atomic E-state index is 0.0692. The lowest BCUT2D eigenvalue weighted by Crippen LogP contribution is -2.57. The van der Waals surface area contributed by atoms with Crippen molar-refractivity contribution in [3.63, 3.8) is 0 Å². The molecule has 15 heteroatoms. The smallest absolute Gasteiger partial charge is 0.243 e. The summed E-state index contributed by atoms with van der Waals surface area (Å²) in [5.74, 6) is -2.49. The first-order valence-electron chi connectivity index (χ1n) is 12.2. The van der Waals surface area contributed by atoms with Crippen molar-refractivity contribution in [1.29, 1.82) is 0 Å². The number of aldehydes is 1. The monoisotopic (exact) mass is 566 g/mol. The van der Waals surface area contributed by atoms with Gasteiger partial charge in [0.25, 0.3) is 0 Å². The molecule has 0 aromatic heterocycles. The van der Waals surface area contributed by atoms with Crippen molar-refractivity contribution in [2.45, 2.75) is 63.3 Å². The zero-order chi connectivity index (χ0) is 29.5. The largest absolute Gasteiger partial charge is 0.508 e. The molecule has 11 N–H and O–H groups in total. The van der Waals surface area contributed by atoms with Crippen LogP contribution in [0.2, 0.25) is 0 Å². The maximum Gasteiger partial charge on any atom is 0.243 e. The summed E-state index contributed by atoms with van der Waals surface area (Å²) in [7, 11) is 0. The zero-order valence-corrected chi connectivity index (χ0v) is 22.8. The second-order valence-electron chi connectivity index (χ2n) is 8.88. The lowest BCUT2D eigenvalue weighted by atomic mass is 10.1. The second kappa shape index (κ2) is 16.9. The molecule has 0 bridgehead atoms. The van der Waals surface area contributed by atoms with Crippen molar-refractivity contribution in [1.82, 2.24) is 21.3 Å². The molecular weight excluding hydrogens is 528 g/mol. The SMILES string of the molecule is C[C@H](NC(=O)[C@H](CCCN=C(N)N)NC(=O)[C@H](C)NC(=O)[C@@H](N)CS)C(=O)N[C@H](C=O)Cc1ccc(O)cc1. The van der Waals surface area contributed by atoms with Gasteiger partial charge in [0, 0.05) is 12.3 Å². The molecule has 0 aliphatic carbocycles. The van der Waals surface area contributed by atoms with Gasteiger partial charge in [-0.25, -0.2) is 0 Å². The van der Waals surface area contributed by atoms with E-state index in [4.69, 9.17) is 17.2 Å². The van der Waals surface area contributed by atoms with Gasteiger partial charge in [-0.15, -0.1) is 0 Å². The predicted molar refractivity (Wildman–Crippen MR) is 149 cm³/mol. The van der Waals surface area contributed by atoms with Crippen LogP contribution in [0.4, 0.5) is 0 Å². The third-order valence-electron chi connectivity index (χ3n) is 5.50. The molecule has 0 aliphatic rings. The number of carbonyl (C=O) groups is 5. The second-order valence-corrected chi connectivity index (χ2v) is 9.25. The van der Waals surface area contributed by atoms with E-state index in [0.29, 0.717) is 18.3 Å². The van der Waals surface area contributed by atoms with Crippen LogP contribution in [0.3, 0.4) is 0 Å². The summed E-state index contributed by atoms with van der Waals surface area (Å²) in [6, 6.07) is 1.24. The lowest BCUT2D eigenvalue weighted by molar-refractivity contribution is -0.133. The number of guanidine groups is 1. The number of aromatic hydroxyl groups is 1. The molecule has 4 amide bonds. The number of benzene rings is 1. The molecule has 5 atom stereocenters. The minimum atomic E-state index is -1.08. The zero-order valence-electron chi connectivity index (χ0n) is 21.9. The van der Waals surface area contributed by atoms with Crippen LogP contribution >= 0.6 is 12.6 Å². The van der Waals surface area contributed by atoms with Gasteiger partial charge in [0.05, 0.1) is 12.1 Å². The molecule has 0 saturated carbocycles. The Kier molecular flexibility index (Phi) is 14.4. The van der Waals surface area contributed by atoms with Crippen LogP contribution in [-0.2, 0) is 30.4 Å². The number of thiol groups is 1. The lowest BCUT2D eigenvalue weighted by Gasteiger charge is -2.24. The Bertz CT molecular complexity index is 1020. The Morgan fingerprint density at radius 3 is 2.05 bits per heavy atom. The number of amides is 4. The molecule has 0 fully saturated rings. The van der Waals surface area contributed by atoms with Crippen molar-refractivity contribution < 1.29 is 29.1 Å². The summed E-state index contributed by atoms with van der Waals surface area (Å²) in [6.07, 6.45) is 1.20. The Hall–Kier alpha value is -3.85. The molecule has 14 nitrogen and oxygen atoms in total. The van der Waals surface area contributed by atoms with E-state index in [9.17, 15) is 29.1 Å². The fraction of sp³-hybridized carbons (Fsp3) is 0.500. The van der Waals surface area contributed by atoms with Crippen molar-refractivity contribution in [2.75, 3.05) is 12.3 Å². The van der Waals surface area contributed by atoms with Gasteiger partial charge >= 0.3 is 0 Å². The van der Waals surface area contributed by atoms with Crippen LogP contribution in [0.1, 0.15) is 32.3 Å². The van der Waals surface area contributed by atoms with E-state index in [0.717, 1.165) is 0 Å². The van der Waals surface area contributed by atoms with Gasteiger partial charge in [-0.05, 0) is 50.8 Å². The van der Waals surface area contributed by atoms with E-state index >= 15 is 0 Å². The van der Waals surface area contributed by atoms with Gasteiger partial charge in [-0.1, -0.05) is 12.1 Å². The van der Waals surface area contributed by atoms with Gasteiger partial charge in [0.15, 0.2) is 5.96 Å². The maximum absolute atomic E-state index is 13.0. The molecule has 39 heavy (non-hydrogen) atoms. The highest BCUT2D eigenvalue weighted by Gasteiger charge is 2.27. The van der Waals surface area contributed by atoms with E-state index in [2.05, 4.69) is 38.9 Å². The Labute approximate surface area is 232 Å². The average Bonchev–Trinajstić information content (AvgIpc) is 2.89. The molecule has 0 spiro atoms. The highest BCUT2D eigenvalue weighted by molar-refractivity contribution is 7.80. The fourth-order valence-corrected chi connectivity index (χ4v) is 3.41. The molecule has 1 aromatic rings. The number of carbonyl (C=O) groups excluding carboxylic acids is 5. The number of phenolic OH excluding ortho intramolecular Hbond substituents is 1. The van der Waals surface area contributed by atoms with Crippen LogP contribution in [0.25, 0.3) is 0 Å². The highest BCUT2D eigenvalue weighted by Crippen LogP contribution is 2.11. The highest BCUT2D eigenvalue weighted by atomic mass is 32.1. The Morgan fingerprint density at radius 2 is 1.51 bits per heavy atom. The van der Waals surface area contributed by atoms with E-state index in [1.807, 2.05) is 0 Å². The van der Waals surface area contributed by atoms with E-state index in [-0.39, 0.29) is 36.8 Å². The molecule has 0 heterocycles. The first kappa shape index (κ1) is 33.2. The summed E-state index contributed by atoms with van der Waals surface area (Å²) in [5, 5.41) is 19.5. The normalized spacial score (nSPS) is 14.5. The average molecular weight is 567 g/mol. The van der Waals surface area contributed by atoms with Gasteiger partial charge in [0.1, 0.15) is 30.2 Å². The van der Waals surface area contributed by atoms with E-state index in [1.165, 1.54) is 26.0 Å². The molecule has 0 radical (unpaired) electrons. The van der Waals surface area contributed by atoms with Gasteiger partial charge in [-0.3, -0.25) is 24.2 Å². The van der Waals surface area contributed by atoms with Crippen LogP contribution < -0.4 is 38.5 Å². The summed E-state index contributed by atoms with van der Waals surface area (Å²) < 4.78 is 0. The number of hydrogen-bond donors (Lipinski definition) is 9. The molecular formula is C24H38N8O6S. The standard InChI is InChI=1S/C24H38N8O6S/c1-13(20(35)31-16(11-33)10-15-5-7-17(34)8-6-15)30-23(38)19(4-3-9-28-24(26)27)32-21(36)14(2)29-22(37)18(25)12-39/h5-8,11,13-14,16,18-19,34,39H,3-4,9-10,12,25H2,1-2H3,(H,29,37)(H,30,38)(H,31,35)(H,32,36)(H4,26,27,28)/t13-,14-,16-,18-,19-/m0/s1. The van der Waals surface area contributed by atoms with Gasteiger partial charge in [0.2, 0.25) is 23.6 Å². The van der Waals surface area contributed by atoms with E-state index < -0.39 is 53.8 Å². The fourth-order valence-electron chi connectivity index (χ4n) is 3.24. The number of aliphatic imine (C=N–C) groups is 1. The van der Waals surface area contributed by atoms with Crippen LogP contribution in [-0.4, -0.2) is 83.5 Å². The molecule has 1 aromatic carbocycles. The first-order chi connectivity index (χ1) is 18.4. The van der Waals surface area contributed by atoms with Crippen molar-refractivity contribution >= 4 is 48.5 Å². The van der Waals surface area contributed by atoms with Crippen LogP contribution in [0, 0.1) is 0 Å².